The molecule has 7 nitrogen and oxygen atoms in total. The highest BCUT2D eigenvalue weighted by atomic mass is 19.1. The van der Waals surface area contributed by atoms with Crippen molar-refractivity contribution in [2.75, 3.05) is 36.9 Å². The molecule has 5 rings (SSSR count). The number of fused-ring (bicyclic) bond motifs is 1. The van der Waals surface area contributed by atoms with Gasteiger partial charge in [-0.1, -0.05) is 24.3 Å². The number of nitrogens with one attached hydrogen (secondary N) is 3. The van der Waals surface area contributed by atoms with E-state index < -0.39 is 0 Å². The summed E-state index contributed by atoms with van der Waals surface area (Å²) in [6.07, 6.45) is 1.68. The zero-order chi connectivity index (χ0) is 25.8. The van der Waals surface area contributed by atoms with Crippen LogP contribution in [-0.4, -0.2) is 43.0 Å². The maximum atomic E-state index is 13.2. The van der Waals surface area contributed by atoms with Gasteiger partial charge in [0.25, 0.3) is 11.8 Å². The standard InChI is InChI=1S/C29H29FN4O3/c1-19(21-5-8-23(30)9-6-21)32-28(35)22-7-10-27-25(16-22)26(29(36)33-27)17-31-24-4-2-3-20(15-24)18-34-11-13-37-14-12-34/h2-10,15-17,19,31H,11-14,18H2,1H3,(H,32,35)(H,33,36)/b26-17-/t19-/m0/s1. The van der Waals surface area contributed by atoms with E-state index in [4.69, 9.17) is 4.74 Å². The molecule has 0 unspecified atom stereocenters. The predicted molar refractivity (Wildman–Crippen MR) is 141 cm³/mol. The summed E-state index contributed by atoms with van der Waals surface area (Å²) < 4.78 is 18.6. The number of amides is 2. The number of anilines is 2. The van der Waals surface area contributed by atoms with Crippen LogP contribution in [0.5, 0.6) is 0 Å². The first-order chi connectivity index (χ1) is 18.0. The van der Waals surface area contributed by atoms with Crippen LogP contribution in [0.15, 0.2) is 72.9 Å². The molecular formula is C29H29FN4O3. The Morgan fingerprint density at radius 2 is 1.89 bits per heavy atom. The summed E-state index contributed by atoms with van der Waals surface area (Å²) in [5.74, 6) is -0.832. The Labute approximate surface area is 215 Å². The molecule has 2 amide bonds. The first-order valence-electron chi connectivity index (χ1n) is 12.3. The largest absolute Gasteiger partial charge is 0.379 e. The molecule has 190 valence electrons. The van der Waals surface area contributed by atoms with Crippen LogP contribution in [0.25, 0.3) is 5.57 Å². The van der Waals surface area contributed by atoms with Crippen LogP contribution in [0.2, 0.25) is 0 Å². The van der Waals surface area contributed by atoms with Crippen LogP contribution in [0.4, 0.5) is 15.8 Å². The second-order valence-corrected chi connectivity index (χ2v) is 9.25. The van der Waals surface area contributed by atoms with Gasteiger partial charge in [0.05, 0.1) is 24.8 Å². The molecule has 0 aromatic heterocycles. The van der Waals surface area contributed by atoms with E-state index >= 15 is 0 Å². The van der Waals surface area contributed by atoms with Gasteiger partial charge >= 0.3 is 0 Å². The number of ether oxygens (including phenoxy) is 1. The highest BCUT2D eigenvalue weighted by molar-refractivity contribution is 6.32. The lowest BCUT2D eigenvalue weighted by molar-refractivity contribution is -0.110. The fourth-order valence-electron chi connectivity index (χ4n) is 4.52. The molecular weight excluding hydrogens is 471 g/mol. The Balaban J connectivity index is 1.29. The van der Waals surface area contributed by atoms with E-state index in [2.05, 4.69) is 33.0 Å². The first-order valence-corrected chi connectivity index (χ1v) is 12.3. The van der Waals surface area contributed by atoms with Crippen LogP contribution in [0.1, 0.15) is 40.0 Å². The van der Waals surface area contributed by atoms with Gasteiger partial charge in [-0.25, -0.2) is 4.39 Å². The molecule has 2 aliphatic rings. The molecule has 3 N–H and O–H groups in total. The van der Waals surface area contributed by atoms with Gasteiger partial charge in [0.1, 0.15) is 5.82 Å². The summed E-state index contributed by atoms with van der Waals surface area (Å²) in [7, 11) is 0. The van der Waals surface area contributed by atoms with Gasteiger partial charge < -0.3 is 20.7 Å². The van der Waals surface area contributed by atoms with Gasteiger partial charge in [0.15, 0.2) is 0 Å². The summed E-state index contributed by atoms with van der Waals surface area (Å²) >= 11 is 0. The topological polar surface area (TPSA) is 82.7 Å². The Kier molecular flexibility index (Phi) is 7.30. The molecule has 3 aromatic rings. The lowest BCUT2D eigenvalue weighted by Gasteiger charge is -2.26. The quantitative estimate of drug-likeness (QED) is 0.415. The van der Waals surface area contributed by atoms with Gasteiger partial charge in [0.2, 0.25) is 0 Å². The van der Waals surface area contributed by atoms with E-state index in [9.17, 15) is 14.0 Å². The summed E-state index contributed by atoms with van der Waals surface area (Å²) in [5.41, 5.74) is 5.05. The van der Waals surface area contributed by atoms with E-state index in [1.807, 2.05) is 19.1 Å². The molecule has 1 atom stereocenters. The lowest BCUT2D eigenvalue weighted by Crippen LogP contribution is -2.35. The smallest absolute Gasteiger partial charge is 0.257 e. The third kappa shape index (κ3) is 5.87. The van der Waals surface area contributed by atoms with Crippen molar-refractivity contribution in [3.05, 3.63) is 101 Å². The fourth-order valence-corrected chi connectivity index (χ4v) is 4.52. The third-order valence-corrected chi connectivity index (χ3v) is 6.60. The number of hydrogen-bond acceptors (Lipinski definition) is 5. The molecule has 8 heteroatoms. The van der Waals surface area contributed by atoms with Crippen LogP contribution in [-0.2, 0) is 16.1 Å². The molecule has 0 saturated carbocycles. The minimum atomic E-state index is -0.324. The highest BCUT2D eigenvalue weighted by Gasteiger charge is 2.25. The summed E-state index contributed by atoms with van der Waals surface area (Å²) in [5, 5.41) is 9.03. The average Bonchev–Trinajstić information content (AvgIpc) is 3.22. The molecule has 0 spiro atoms. The zero-order valence-corrected chi connectivity index (χ0v) is 20.6. The molecule has 0 aliphatic carbocycles. The van der Waals surface area contributed by atoms with Crippen molar-refractivity contribution in [1.82, 2.24) is 10.2 Å². The van der Waals surface area contributed by atoms with Gasteiger partial charge in [-0.05, 0) is 60.5 Å². The maximum Gasteiger partial charge on any atom is 0.257 e. The number of halogens is 1. The molecule has 2 heterocycles. The number of carbonyl (C=O) groups is 2. The van der Waals surface area contributed by atoms with Crippen molar-refractivity contribution in [2.45, 2.75) is 19.5 Å². The van der Waals surface area contributed by atoms with Crippen molar-refractivity contribution >= 4 is 28.8 Å². The Hall–Kier alpha value is -4.01. The second kappa shape index (κ2) is 10.9. The number of carbonyl (C=O) groups excluding carboxylic acids is 2. The van der Waals surface area contributed by atoms with Crippen LogP contribution < -0.4 is 16.0 Å². The van der Waals surface area contributed by atoms with Gasteiger partial charge in [-0.15, -0.1) is 0 Å². The normalized spacial score (nSPS) is 17.2. The van der Waals surface area contributed by atoms with Crippen molar-refractivity contribution in [1.29, 1.82) is 0 Å². The minimum Gasteiger partial charge on any atom is -0.379 e. The summed E-state index contributed by atoms with van der Waals surface area (Å²) in [6, 6.07) is 18.9. The maximum absolute atomic E-state index is 13.2. The monoisotopic (exact) mass is 500 g/mol. The predicted octanol–water partition coefficient (Wildman–Crippen LogP) is 4.55. The zero-order valence-electron chi connectivity index (χ0n) is 20.6. The SMILES string of the molecule is C[C@H](NC(=O)c1ccc2c(c1)/C(=C/Nc1cccc(CN3CCOCC3)c1)C(=O)N2)c1ccc(F)cc1. The highest BCUT2D eigenvalue weighted by Crippen LogP contribution is 2.33. The molecule has 37 heavy (non-hydrogen) atoms. The molecule has 1 fully saturated rings. The average molecular weight is 501 g/mol. The van der Waals surface area contributed by atoms with E-state index in [0.29, 0.717) is 22.4 Å². The number of morpholine rings is 1. The summed E-state index contributed by atoms with van der Waals surface area (Å²) in [6.45, 7) is 6.02. The van der Waals surface area contributed by atoms with Crippen molar-refractivity contribution < 1.29 is 18.7 Å². The van der Waals surface area contributed by atoms with Crippen LogP contribution in [0.3, 0.4) is 0 Å². The Morgan fingerprint density at radius 3 is 2.68 bits per heavy atom. The van der Waals surface area contributed by atoms with Gasteiger partial charge in [0, 0.05) is 48.3 Å². The fraction of sp³-hybridized carbons (Fsp3) is 0.241. The van der Waals surface area contributed by atoms with E-state index in [-0.39, 0.29) is 23.7 Å². The minimum absolute atomic E-state index is 0.232. The van der Waals surface area contributed by atoms with E-state index in [0.717, 1.165) is 44.1 Å². The molecule has 0 radical (unpaired) electrons. The first kappa shape index (κ1) is 24.7. The van der Waals surface area contributed by atoms with Crippen LogP contribution >= 0.6 is 0 Å². The number of rotatable bonds is 7. The Morgan fingerprint density at radius 1 is 1.11 bits per heavy atom. The summed E-state index contributed by atoms with van der Waals surface area (Å²) in [4.78, 5) is 28.0. The van der Waals surface area contributed by atoms with E-state index in [1.165, 1.54) is 17.7 Å². The van der Waals surface area contributed by atoms with Crippen molar-refractivity contribution in [3.63, 3.8) is 0 Å². The van der Waals surface area contributed by atoms with Crippen LogP contribution in [0, 0.1) is 5.82 Å². The van der Waals surface area contributed by atoms with Gasteiger partial charge in [-0.3, -0.25) is 14.5 Å². The number of benzene rings is 3. The second-order valence-electron chi connectivity index (χ2n) is 9.25. The van der Waals surface area contributed by atoms with Gasteiger partial charge in [-0.2, -0.15) is 0 Å². The molecule has 0 bridgehead atoms. The third-order valence-electron chi connectivity index (χ3n) is 6.60. The lowest BCUT2D eigenvalue weighted by atomic mass is 10.0. The van der Waals surface area contributed by atoms with Crippen molar-refractivity contribution in [2.24, 2.45) is 0 Å². The molecule has 1 saturated heterocycles. The number of nitrogens with zero attached hydrogens (tertiary/aromatic N) is 1. The van der Waals surface area contributed by atoms with Crippen molar-refractivity contribution in [3.8, 4) is 0 Å². The number of hydrogen-bond donors (Lipinski definition) is 3. The Bertz CT molecular complexity index is 1330. The molecule has 3 aromatic carbocycles. The van der Waals surface area contributed by atoms with E-state index in [1.54, 1.807) is 36.5 Å². The molecule has 2 aliphatic heterocycles.